The van der Waals surface area contributed by atoms with Crippen molar-refractivity contribution in [1.82, 2.24) is 10.2 Å². The fourth-order valence-corrected chi connectivity index (χ4v) is 2.75. The van der Waals surface area contributed by atoms with Crippen LogP contribution in [0.1, 0.15) is 26.7 Å². The number of rotatable bonds is 5. The zero-order valence-electron chi connectivity index (χ0n) is 11.2. The van der Waals surface area contributed by atoms with Crippen molar-refractivity contribution in [2.45, 2.75) is 26.7 Å². The van der Waals surface area contributed by atoms with Gasteiger partial charge in [-0.25, -0.2) is 0 Å². The van der Waals surface area contributed by atoms with E-state index in [1.807, 2.05) is 13.8 Å². The molecule has 1 N–H and O–H groups in total. The lowest BCUT2D eigenvalue weighted by Crippen LogP contribution is -2.42. The Bertz CT molecular complexity index is 337. The number of hydrogen-bond acceptors (Lipinski definition) is 3. The number of amides is 2. The van der Waals surface area contributed by atoms with Gasteiger partial charge in [0.05, 0.1) is 13.2 Å². The third-order valence-electron chi connectivity index (χ3n) is 4.02. The second-order valence-corrected chi connectivity index (χ2v) is 5.23. The maximum atomic E-state index is 12.3. The van der Waals surface area contributed by atoms with Crippen LogP contribution in [0.15, 0.2) is 0 Å². The van der Waals surface area contributed by atoms with E-state index in [0.717, 1.165) is 19.4 Å². The summed E-state index contributed by atoms with van der Waals surface area (Å²) in [5, 5.41) is 2.73. The van der Waals surface area contributed by atoms with Gasteiger partial charge in [0.1, 0.15) is 0 Å². The molecule has 0 aromatic heterocycles. The zero-order valence-corrected chi connectivity index (χ0v) is 11.2. The van der Waals surface area contributed by atoms with Crippen molar-refractivity contribution < 1.29 is 14.3 Å². The second kappa shape index (κ2) is 5.26. The molecule has 2 fully saturated rings. The molecule has 0 bridgehead atoms. The molecule has 2 unspecified atom stereocenters. The van der Waals surface area contributed by atoms with Gasteiger partial charge in [0.15, 0.2) is 0 Å². The molecule has 1 spiro atoms. The van der Waals surface area contributed by atoms with Crippen LogP contribution < -0.4 is 5.32 Å². The molecule has 102 valence electrons. The van der Waals surface area contributed by atoms with Gasteiger partial charge in [0.2, 0.25) is 11.8 Å². The predicted octanol–water partition coefficient (Wildman–Crippen LogP) is 0.398. The van der Waals surface area contributed by atoms with Gasteiger partial charge in [-0.05, 0) is 26.7 Å². The molecule has 1 saturated carbocycles. The maximum Gasteiger partial charge on any atom is 0.239 e. The Labute approximate surface area is 108 Å². The molecule has 5 heteroatoms. The summed E-state index contributed by atoms with van der Waals surface area (Å²) in [5.74, 6) is 0.119. The number of carbonyl (C=O) groups is 2. The molecule has 18 heavy (non-hydrogen) atoms. The molecule has 1 saturated heterocycles. The zero-order chi connectivity index (χ0) is 13.2. The molecular formula is C13H22N2O3. The van der Waals surface area contributed by atoms with E-state index in [4.69, 9.17) is 4.74 Å². The molecule has 1 aliphatic heterocycles. The fourth-order valence-electron chi connectivity index (χ4n) is 2.75. The lowest BCUT2D eigenvalue weighted by Gasteiger charge is -2.21. The minimum absolute atomic E-state index is 0.0781. The van der Waals surface area contributed by atoms with Gasteiger partial charge in [0.25, 0.3) is 0 Å². The third-order valence-corrected chi connectivity index (χ3v) is 4.02. The van der Waals surface area contributed by atoms with Crippen LogP contribution in [0.5, 0.6) is 0 Å². The highest BCUT2D eigenvalue weighted by Gasteiger charge is 2.60. The summed E-state index contributed by atoms with van der Waals surface area (Å²) in [6, 6.07) is 0. The number of nitrogens with zero attached hydrogens (tertiary/aromatic N) is 1. The van der Waals surface area contributed by atoms with Crippen molar-refractivity contribution in [1.29, 1.82) is 0 Å². The van der Waals surface area contributed by atoms with E-state index in [-0.39, 0.29) is 29.7 Å². The molecule has 0 aromatic carbocycles. The number of carbonyl (C=O) groups excluding carboxylic acids is 2. The first-order valence-electron chi connectivity index (χ1n) is 6.76. The number of likely N-dealkylation sites (N-methyl/N-ethyl adjacent to an activating group) is 2. The van der Waals surface area contributed by atoms with Crippen LogP contribution in [0.2, 0.25) is 0 Å². The van der Waals surface area contributed by atoms with Crippen LogP contribution in [0.3, 0.4) is 0 Å². The summed E-state index contributed by atoms with van der Waals surface area (Å²) in [7, 11) is 0. The molecule has 2 rings (SSSR count). The van der Waals surface area contributed by atoms with E-state index in [2.05, 4.69) is 5.32 Å². The van der Waals surface area contributed by atoms with E-state index in [1.54, 1.807) is 4.90 Å². The summed E-state index contributed by atoms with van der Waals surface area (Å²) < 4.78 is 5.39. The smallest absolute Gasteiger partial charge is 0.239 e. The van der Waals surface area contributed by atoms with Crippen LogP contribution >= 0.6 is 0 Å². The minimum Gasteiger partial charge on any atom is -0.381 e. The van der Waals surface area contributed by atoms with Crippen molar-refractivity contribution in [3.8, 4) is 0 Å². The Morgan fingerprint density at radius 2 is 2.22 bits per heavy atom. The van der Waals surface area contributed by atoms with E-state index in [0.29, 0.717) is 19.7 Å². The summed E-state index contributed by atoms with van der Waals surface area (Å²) in [5.41, 5.74) is 0.103. The number of nitrogens with one attached hydrogen (secondary N) is 1. The Hall–Kier alpha value is -1.10. The van der Waals surface area contributed by atoms with E-state index >= 15 is 0 Å². The Morgan fingerprint density at radius 3 is 2.78 bits per heavy atom. The Balaban J connectivity index is 1.88. The van der Waals surface area contributed by atoms with Gasteiger partial charge in [-0.15, -0.1) is 0 Å². The van der Waals surface area contributed by atoms with Gasteiger partial charge < -0.3 is 15.0 Å². The molecule has 2 amide bonds. The summed E-state index contributed by atoms with van der Waals surface area (Å²) in [4.78, 5) is 25.5. The molecule has 2 atom stereocenters. The monoisotopic (exact) mass is 254 g/mol. The summed E-state index contributed by atoms with van der Waals surface area (Å²) in [6.45, 7) is 6.64. The molecule has 1 heterocycles. The average molecular weight is 254 g/mol. The highest BCUT2D eigenvalue weighted by Crippen LogP contribution is 2.58. The van der Waals surface area contributed by atoms with Crippen molar-refractivity contribution >= 4 is 11.8 Å². The first-order valence-corrected chi connectivity index (χ1v) is 6.76. The topological polar surface area (TPSA) is 58.6 Å². The quantitative estimate of drug-likeness (QED) is 0.772. The van der Waals surface area contributed by atoms with Gasteiger partial charge in [-0.2, -0.15) is 0 Å². The fraction of sp³-hybridized carbons (Fsp3) is 0.846. The highest BCUT2D eigenvalue weighted by atomic mass is 16.5. The lowest BCUT2D eigenvalue weighted by molar-refractivity contribution is -0.137. The normalized spacial score (nSPS) is 29.3. The van der Waals surface area contributed by atoms with Crippen molar-refractivity contribution in [3.63, 3.8) is 0 Å². The highest BCUT2D eigenvalue weighted by molar-refractivity contribution is 5.88. The molecule has 2 aliphatic rings. The van der Waals surface area contributed by atoms with Crippen molar-refractivity contribution in [3.05, 3.63) is 0 Å². The summed E-state index contributed by atoms with van der Waals surface area (Å²) >= 11 is 0. The van der Waals surface area contributed by atoms with Gasteiger partial charge in [-0.1, -0.05) is 0 Å². The number of ether oxygens (including phenoxy) is 1. The van der Waals surface area contributed by atoms with Crippen LogP contribution in [0.4, 0.5) is 0 Å². The van der Waals surface area contributed by atoms with Crippen LogP contribution in [0, 0.1) is 11.3 Å². The van der Waals surface area contributed by atoms with Crippen LogP contribution in [-0.2, 0) is 14.3 Å². The van der Waals surface area contributed by atoms with E-state index < -0.39 is 0 Å². The standard InChI is InChI=1S/C13H22N2O3/c1-3-14-11(16)8-15(4-2)12(17)10-7-13(10)5-6-18-9-13/h10H,3-9H2,1-2H3,(H,14,16). The molecule has 5 nitrogen and oxygen atoms in total. The first kappa shape index (κ1) is 13.3. The minimum atomic E-state index is -0.0786. The Morgan fingerprint density at radius 1 is 1.44 bits per heavy atom. The predicted molar refractivity (Wildman–Crippen MR) is 66.9 cm³/mol. The molecule has 0 radical (unpaired) electrons. The second-order valence-electron chi connectivity index (χ2n) is 5.23. The number of hydrogen-bond donors (Lipinski definition) is 1. The van der Waals surface area contributed by atoms with Gasteiger partial charge in [-0.3, -0.25) is 9.59 Å². The van der Waals surface area contributed by atoms with Crippen LogP contribution in [0.25, 0.3) is 0 Å². The SMILES string of the molecule is CCNC(=O)CN(CC)C(=O)C1CC12CCOC2. The lowest BCUT2D eigenvalue weighted by atomic mass is 10.0. The Kier molecular flexibility index (Phi) is 3.90. The third kappa shape index (κ3) is 2.51. The average Bonchev–Trinajstić information content (AvgIpc) is 2.83. The summed E-state index contributed by atoms with van der Waals surface area (Å²) in [6.07, 6.45) is 1.92. The van der Waals surface area contributed by atoms with Gasteiger partial charge >= 0.3 is 0 Å². The molecular weight excluding hydrogens is 232 g/mol. The van der Waals surface area contributed by atoms with Crippen molar-refractivity contribution in [2.24, 2.45) is 11.3 Å². The molecule has 1 aliphatic carbocycles. The first-order chi connectivity index (χ1) is 8.63. The maximum absolute atomic E-state index is 12.3. The van der Waals surface area contributed by atoms with Gasteiger partial charge in [0, 0.05) is 31.0 Å². The van der Waals surface area contributed by atoms with Crippen LogP contribution in [-0.4, -0.2) is 49.6 Å². The molecule has 0 aromatic rings. The largest absolute Gasteiger partial charge is 0.381 e. The van der Waals surface area contributed by atoms with Crippen molar-refractivity contribution in [2.75, 3.05) is 32.8 Å². The van der Waals surface area contributed by atoms with E-state index in [9.17, 15) is 9.59 Å². The van der Waals surface area contributed by atoms with E-state index in [1.165, 1.54) is 0 Å².